The Balaban J connectivity index is 1.66. The van der Waals surface area contributed by atoms with Crippen molar-refractivity contribution >= 4 is 15.9 Å². The van der Waals surface area contributed by atoms with Gasteiger partial charge in [0.2, 0.25) is 15.9 Å². The smallest absolute Gasteiger partial charge is 0.242 e. The van der Waals surface area contributed by atoms with Gasteiger partial charge in [-0.2, -0.15) is 0 Å². The standard InChI is InChI=1S/C20H24N2O3S/c1-22(2)26(24,25)17-12-10-15(11-13-17)14-21-20(23)19-9-5-7-16-6-3-4-8-18(16)19/h3-4,6,8,10-13,19H,5,7,9,14H2,1-2H3,(H,21,23). The maximum atomic E-state index is 12.6. The first kappa shape index (κ1) is 18.6. The fourth-order valence-electron chi connectivity index (χ4n) is 3.33. The lowest BCUT2D eigenvalue weighted by molar-refractivity contribution is -0.123. The second-order valence-corrected chi connectivity index (χ2v) is 8.94. The van der Waals surface area contributed by atoms with Crippen molar-refractivity contribution in [3.63, 3.8) is 0 Å². The summed E-state index contributed by atoms with van der Waals surface area (Å²) in [6, 6.07) is 14.8. The zero-order valence-corrected chi connectivity index (χ0v) is 15.9. The number of benzene rings is 2. The molecule has 1 N–H and O–H groups in total. The molecule has 0 heterocycles. The van der Waals surface area contributed by atoms with Gasteiger partial charge in [-0.1, -0.05) is 36.4 Å². The summed E-state index contributed by atoms with van der Waals surface area (Å²) >= 11 is 0. The number of carbonyl (C=O) groups is 1. The molecular weight excluding hydrogens is 348 g/mol. The third-order valence-electron chi connectivity index (χ3n) is 4.85. The highest BCUT2D eigenvalue weighted by Crippen LogP contribution is 2.31. The molecule has 0 aliphatic heterocycles. The summed E-state index contributed by atoms with van der Waals surface area (Å²) < 4.78 is 25.4. The van der Waals surface area contributed by atoms with Crippen LogP contribution >= 0.6 is 0 Å². The van der Waals surface area contributed by atoms with Gasteiger partial charge in [-0.25, -0.2) is 12.7 Å². The highest BCUT2D eigenvalue weighted by Gasteiger charge is 2.25. The van der Waals surface area contributed by atoms with Gasteiger partial charge in [-0.05, 0) is 48.1 Å². The average Bonchev–Trinajstić information content (AvgIpc) is 2.66. The van der Waals surface area contributed by atoms with E-state index in [4.69, 9.17) is 0 Å². The van der Waals surface area contributed by atoms with Gasteiger partial charge < -0.3 is 5.32 Å². The van der Waals surface area contributed by atoms with Crippen molar-refractivity contribution in [2.75, 3.05) is 14.1 Å². The van der Waals surface area contributed by atoms with Crippen molar-refractivity contribution in [1.82, 2.24) is 9.62 Å². The van der Waals surface area contributed by atoms with Crippen LogP contribution in [0.1, 0.15) is 35.4 Å². The Kier molecular flexibility index (Phi) is 5.44. The van der Waals surface area contributed by atoms with E-state index >= 15 is 0 Å². The Morgan fingerprint density at radius 3 is 2.50 bits per heavy atom. The Morgan fingerprint density at radius 2 is 1.81 bits per heavy atom. The number of rotatable bonds is 5. The minimum atomic E-state index is -3.43. The van der Waals surface area contributed by atoms with E-state index in [1.54, 1.807) is 24.3 Å². The Labute approximate surface area is 155 Å². The number of hydrogen-bond donors (Lipinski definition) is 1. The molecule has 6 heteroatoms. The van der Waals surface area contributed by atoms with Gasteiger partial charge in [0.15, 0.2) is 0 Å². The van der Waals surface area contributed by atoms with E-state index < -0.39 is 10.0 Å². The van der Waals surface area contributed by atoms with Gasteiger partial charge in [0, 0.05) is 20.6 Å². The summed E-state index contributed by atoms with van der Waals surface area (Å²) in [6.45, 7) is 0.389. The summed E-state index contributed by atoms with van der Waals surface area (Å²) in [6.07, 6.45) is 2.91. The minimum Gasteiger partial charge on any atom is -0.351 e. The third-order valence-corrected chi connectivity index (χ3v) is 6.68. The SMILES string of the molecule is CN(C)S(=O)(=O)c1ccc(CNC(=O)C2CCCc3ccccc32)cc1. The molecular formula is C20H24N2O3S. The van der Waals surface area contributed by atoms with Crippen LogP contribution in [0.5, 0.6) is 0 Å². The van der Waals surface area contributed by atoms with Crippen molar-refractivity contribution in [3.05, 3.63) is 65.2 Å². The summed E-state index contributed by atoms with van der Waals surface area (Å²) in [5.74, 6) is -0.0736. The van der Waals surface area contributed by atoms with Gasteiger partial charge in [-0.3, -0.25) is 4.79 Å². The Morgan fingerprint density at radius 1 is 1.12 bits per heavy atom. The van der Waals surface area contributed by atoms with Crippen LogP contribution in [0.4, 0.5) is 0 Å². The van der Waals surface area contributed by atoms with E-state index in [0.717, 1.165) is 30.4 Å². The quantitative estimate of drug-likeness (QED) is 0.877. The molecule has 2 aromatic rings. The molecule has 2 aromatic carbocycles. The third kappa shape index (κ3) is 3.81. The molecule has 5 nitrogen and oxygen atoms in total. The van der Waals surface area contributed by atoms with Gasteiger partial charge in [0.05, 0.1) is 10.8 Å². The molecule has 0 fully saturated rings. The minimum absolute atomic E-state index is 0.0298. The molecule has 26 heavy (non-hydrogen) atoms. The van der Waals surface area contributed by atoms with Crippen molar-refractivity contribution in [3.8, 4) is 0 Å². The van der Waals surface area contributed by atoms with Crippen LogP contribution in [0.3, 0.4) is 0 Å². The number of hydrogen-bond acceptors (Lipinski definition) is 3. The van der Waals surface area contributed by atoms with Crippen LogP contribution in [0.2, 0.25) is 0 Å². The molecule has 0 aromatic heterocycles. The first-order valence-corrected chi connectivity index (χ1v) is 10.2. The molecule has 0 saturated carbocycles. The number of sulfonamides is 1. The van der Waals surface area contributed by atoms with Crippen LogP contribution in [0.25, 0.3) is 0 Å². The molecule has 0 bridgehead atoms. The number of amides is 1. The predicted molar refractivity (Wildman–Crippen MR) is 101 cm³/mol. The van der Waals surface area contributed by atoms with Crippen molar-refractivity contribution in [1.29, 1.82) is 0 Å². The molecule has 1 aliphatic carbocycles. The number of nitrogens with one attached hydrogen (secondary N) is 1. The van der Waals surface area contributed by atoms with Crippen molar-refractivity contribution in [2.24, 2.45) is 0 Å². The molecule has 1 atom stereocenters. The average molecular weight is 372 g/mol. The zero-order valence-electron chi connectivity index (χ0n) is 15.1. The summed E-state index contributed by atoms with van der Waals surface area (Å²) in [4.78, 5) is 12.9. The number of nitrogens with zero attached hydrogens (tertiary/aromatic N) is 1. The van der Waals surface area contributed by atoms with E-state index in [-0.39, 0.29) is 16.7 Å². The van der Waals surface area contributed by atoms with E-state index in [1.165, 1.54) is 24.0 Å². The summed E-state index contributed by atoms with van der Waals surface area (Å²) in [5.41, 5.74) is 3.26. The Bertz CT molecular complexity index is 890. The van der Waals surface area contributed by atoms with Crippen LogP contribution in [0.15, 0.2) is 53.4 Å². The van der Waals surface area contributed by atoms with Crippen LogP contribution in [-0.4, -0.2) is 32.7 Å². The van der Waals surface area contributed by atoms with Gasteiger partial charge >= 0.3 is 0 Å². The van der Waals surface area contributed by atoms with Crippen LogP contribution < -0.4 is 5.32 Å². The largest absolute Gasteiger partial charge is 0.351 e. The maximum Gasteiger partial charge on any atom is 0.242 e. The lowest BCUT2D eigenvalue weighted by Gasteiger charge is -2.24. The molecule has 1 amide bonds. The molecule has 1 unspecified atom stereocenters. The van der Waals surface area contributed by atoms with Crippen molar-refractivity contribution in [2.45, 2.75) is 36.6 Å². The van der Waals surface area contributed by atoms with Gasteiger partial charge in [0.1, 0.15) is 0 Å². The first-order valence-electron chi connectivity index (χ1n) is 8.76. The van der Waals surface area contributed by atoms with Crippen molar-refractivity contribution < 1.29 is 13.2 Å². The Hall–Kier alpha value is -2.18. The zero-order chi connectivity index (χ0) is 18.7. The fourth-order valence-corrected chi connectivity index (χ4v) is 4.23. The second-order valence-electron chi connectivity index (χ2n) is 6.79. The molecule has 1 aliphatic rings. The number of aryl methyl sites for hydroxylation is 1. The van der Waals surface area contributed by atoms with E-state index in [2.05, 4.69) is 11.4 Å². The van der Waals surface area contributed by atoms with Crippen LogP contribution in [0, 0.1) is 0 Å². The first-order chi connectivity index (χ1) is 12.4. The summed E-state index contributed by atoms with van der Waals surface area (Å²) in [5, 5.41) is 2.99. The van der Waals surface area contributed by atoms with E-state index in [9.17, 15) is 13.2 Å². The highest BCUT2D eigenvalue weighted by atomic mass is 32.2. The normalized spacial score (nSPS) is 17.0. The topological polar surface area (TPSA) is 66.5 Å². The molecule has 0 spiro atoms. The fraction of sp³-hybridized carbons (Fsp3) is 0.350. The van der Waals surface area contributed by atoms with E-state index in [1.807, 2.05) is 18.2 Å². The molecule has 0 saturated heterocycles. The lowest BCUT2D eigenvalue weighted by Crippen LogP contribution is -2.31. The molecule has 3 rings (SSSR count). The summed E-state index contributed by atoms with van der Waals surface area (Å²) in [7, 11) is -0.419. The lowest BCUT2D eigenvalue weighted by atomic mass is 9.82. The number of fused-ring (bicyclic) bond motifs is 1. The monoisotopic (exact) mass is 372 g/mol. The van der Waals surface area contributed by atoms with Crippen LogP contribution in [-0.2, 0) is 27.8 Å². The maximum absolute atomic E-state index is 12.6. The predicted octanol–water partition coefficient (Wildman–Crippen LogP) is 2.67. The van der Waals surface area contributed by atoms with E-state index in [0.29, 0.717) is 6.54 Å². The van der Waals surface area contributed by atoms with Gasteiger partial charge in [0.25, 0.3) is 0 Å². The highest BCUT2D eigenvalue weighted by molar-refractivity contribution is 7.89. The number of carbonyl (C=O) groups excluding carboxylic acids is 1. The van der Waals surface area contributed by atoms with Gasteiger partial charge in [-0.15, -0.1) is 0 Å². The molecule has 0 radical (unpaired) electrons. The molecule has 138 valence electrons. The second kappa shape index (κ2) is 7.60.